The molecular weight excluding hydrogens is 910 g/mol. The van der Waals surface area contributed by atoms with Gasteiger partial charge >= 0.3 is 0 Å². The number of benzene rings is 4. The molecule has 342 valence electrons. The minimum atomic E-state index is -0.929. The highest BCUT2D eigenvalue weighted by Crippen LogP contribution is 2.47. The van der Waals surface area contributed by atoms with Crippen LogP contribution in [0.1, 0.15) is 66.4 Å². The van der Waals surface area contributed by atoms with Gasteiger partial charge in [-0.3, -0.25) is 38.5 Å². The molecule has 0 spiro atoms. The fourth-order valence-electron chi connectivity index (χ4n) is 9.93. The number of halogens is 3. The van der Waals surface area contributed by atoms with Gasteiger partial charge < -0.3 is 29.5 Å². The van der Waals surface area contributed by atoms with Crippen molar-refractivity contribution in [2.75, 3.05) is 49.5 Å². The highest BCUT2D eigenvalue weighted by atomic mass is 32.2. The molecule has 2 fully saturated rings. The third-order valence-electron chi connectivity index (χ3n) is 13.0. The van der Waals surface area contributed by atoms with E-state index in [1.165, 1.54) is 47.0 Å². The smallest absolute Gasteiger partial charge is 0.278 e. The Morgan fingerprint density at radius 3 is 1.66 bits per heavy atom. The van der Waals surface area contributed by atoms with Gasteiger partial charge in [0.05, 0.1) is 38.5 Å². The summed E-state index contributed by atoms with van der Waals surface area (Å²) in [6.07, 6.45) is 1.88. The van der Waals surface area contributed by atoms with Crippen LogP contribution in [0.15, 0.2) is 123 Å². The molecule has 19 heteroatoms. The Bertz CT molecular complexity index is 3150. The van der Waals surface area contributed by atoms with E-state index in [1.807, 2.05) is 58.5 Å². The minimum absolute atomic E-state index is 0.0707. The van der Waals surface area contributed by atoms with Crippen LogP contribution in [0.4, 0.5) is 13.2 Å². The zero-order valence-corrected chi connectivity index (χ0v) is 36.9. The molecule has 14 nitrogen and oxygen atoms in total. The summed E-state index contributed by atoms with van der Waals surface area (Å²) in [6.45, 7) is 1.70. The van der Waals surface area contributed by atoms with Gasteiger partial charge in [0, 0.05) is 64.5 Å². The quantitative estimate of drug-likeness (QED) is 0.216. The van der Waals surface area contributed by atoms with Gasteiger partial charge in [0.2, 0.25) is 10.9 Å². The first kappa shape index (κ1) is 42.9. The van der Waals surface area contributed by atoms with Crippen LogP contribution in [0.5, 0.6) is 11.5 Å². The molecule has 12 rings (SSSR count). The first-order valence-electron chi connectivity index (χ1n) is 21.4. The van der Waals surface area contributed by atoms with E-state index in [4.69, 9.17) is 9.47 Å². The largest absolute Gasteiger partial charge is 0.502 e. The average Bonchev–Trinajstić information content (AvgIpc) is 3.61. The van der Waals surface area contributed by atoms with Gasteiger partial charge in [0.25, 0.3) is 11.8 Å². The molecular formula is C48H39F3N6O8S2. The maximum Gasteiger partial charge on any atom is 0.278 e. The zero-order valence-electron chi connectivity index (χ0n) is 35.3. The minimum Gasteiger partial charge on any atom is -0.502 e. The fourth-order valence-corrected chi connectivity index (χ4v) is 12.1. The molecule has 0 unspecified atom stereocenters. The van der Waals surface area contributed by atoms with Crippen LogP contribution in [0.2, 0.25) is 0 Å². The lowest BCUT2D eigenvalue weighted by atomic mass is 9.93. The lowest BCUT2D eigenvalue weighted by Gasteiger charge is -2.51. The van der Waals surface area contributed by atoms with Gasteiger partial charge in [-0.25, -0.2) is 13.2 Å². The Morgan fingerprint density at radius 1 is 0.582 bits per heavy atom. The van der Waals surface area contributed by atoms with Gasteiger partial charge in [-0.15, -0.1) is 23.5 Å². The van der Waals surface area contributed by atoms with E-state index in [-0.39, 0.29) is 48.3 Å². The number of hydrogen-bond acceptors (Lipinski definition) is 12. The number of ether oxygens (including phenoxy) is 2. The van der Waals surface area contributed by atoms with Crippen LogP contribution in [-0.2, 0) is 21.0 Å². The van der Waals surface area contributed by atoms with Crippen LogP contribution in [0.3, 0.4) is 0 Å². The highest BCUT2D eigenvalue weighted by Gasteiger charge is 2.48. The molecule has 6 aliphatic rings. The molecule has 67 heavy (non-hydrogen) atoms. The molecule has 0 bridgehead atoms. The third-order valence-corrected chi connectivity index (χ3v) is 15.2. The molecule has 4 aromatic carbocycles. The Balaban J connectivity index is 0.000000148. The van der Waals surface area contributed by atoms with Crippen molar-refractivity contribution in [1.82, 2.24) is 19.2 Å². The van der Waals surface area contributed by atoms with Crippen molar-refractivity contribution in [3.63, 3.8) is 0 Å². The molecule has 2 N–H and O–H groups in total. The summed E-state index contributed by atoms with van der Waals surface area (Å²) in [5.41, 5.74) is 2.85. The molecule has 6 aromatic rings. The number of carbonyl (C=O) groups is 2. The number of hydrogen-bond donors (Lipinski definition) is 2. The summed E-state index contributed by atoms with van der Waals surface area (Å²) in [6, 6.07) is 24.4. The number of morpholine rings is 2. The van der Waals surface area contributed by atoms with Crippen molar-refractivity contribution in [2.45, 2.75) is 45.7 Å². The molecule has 2 saturated heterocycles. The lowest BCUT2D eigenvalue weighted by molar-refractivity contribution is -0.0198. The molecule has 2 amide bonds. The number of nitrogens with zero attached hydrogens (tertiary/aromatic N) is 6. The number of rotatable bonds is 2. The number of fused-ring (bicyclic) bond motifs is 8. The summed E-state index contributed by atoms with van der Waals surface area (Å²) in [7, 11) is 0. The van der Waals surface area contributed by atoms with Gasteiger partial charge in [0.15, 0.2) is 34.5 Å². The molecule has 2 aromatic heterocycles. The summed E-state index contributed by atoms with van der Waals surface area (Å²) in [5.74, 6) is -3.44. The standard InChI is InChI=1S/C24H19F2N3O4S.C24H20FN3O4S/c25-16-6-5-13-15(20(16)26)12-34-18-4-2-1-3-14(18)21(13)29-19-11-33-10-9-27(19)24(32)22-23(31)17(30)7-8-28(22)29;25-15-5-6-16-14(11-15)13-33-19-4-2-1-3-17(19)21(16)28-20-12-32-10-9-26(20)24(31)22-23(30)18(29)7-8-27(22)28/h1-8,19,21,31H,9-12H2;1-8,11,20-21,30H,9-10,12-13H2/t19-,21+;20-,21+/m11/s1. The van der Waals surface area contributed by atoms with Crippen LogP contribution in [0.25, 0.3) is 0 Å². The normalized spacial score (nSPS) is 21.4. The summed E-state index contributed by atoms with van der Waals surface area (Å²) < 4.78 is 58.0. The first-order valence-corrected chi connectivity index (χ1v) is 23.4. The van der Waals surface area contributed by atoms with E-state index in [0.717, 1.165) is 38.1 Å². The van der Waals surface area contributed by atoms with E-state index < -0.39 is 70.2 Å². The third kappa shape index (κ3) is 6.96. The number of aromatic nitrogens is 2. The molecule has 0 aliphatic carbocycles. The number of pyridine rings is 2. The second-order valence-electron chi connectivity index (χ2n) is 16.5. The van der Waals surface area contributed by atoms with Crippen molar-refractivity contribution in [3.05, 3.63) is 186 Å². The Kier molecular flexibility index (Phi) is 10.8. The van der Waals surface area contributed by atoms with Gasteiger partial charge in [-0.1, -0.05) is 48.5 Å². The Morgan fingerprint density at radius 2 is 1.09 bits per heavy atom. The van der Waals surface area contributed by atoms with Crippen molar-refractivity contribution >= 4 is 35.3 Å². The summed E-state index contributed by atoms with van der Waals surface area (Å²) in [5, 5.41) is 25.0. The molecule has 4 atom stereocenters. The maximum atomic E-state index is 15.1. The number of thioether (sulfide) groups is 2. The second kappa shape index (κ2) is 16.9. The summed E-state index contributed by atoms with van der Waals surface area (Å²) in [4.78, 5) is 56.3. The topological polar surface area (TPSA) is 150 Å². The molecule has 0 saturated carbocycles. The summed E-state index contributed by atoms with van der Waals surface area (Å²) >= 11 is 3.04. The predicted octanol–water partition coefficient (Wildman–Crippen LogP) is 5.82. The number of aromatic hydroxyl groups is 2. The van der Waals surface area contributed by atoms with E-state index in [0.29, 0.717) is 31.1 Å². The van der Waals surface area contributed by atoms with Crippen molar-refractivity contribution in [3.8, 4) is 11.5 Å². The monoisotopic (exact) mass is 948 g/mol. The van der Waals surface area contributed by atoms with E-state index in [2.05, 4.69) is 0 Å². The maximum absolute atomic E-state index is 15.1. The first-order chi connectivity index (χ1) is 32.5. The molecule has 8 heterocycles. The number of carbonyl (C=O) groups excluding carboxylic acids is 2. The predicted molar refractivity (Wildman–Crippen MR) is 241 cm³/mol. The van der Waals surface area contributed by atoms with E-state index in [1.54, 1.807) is 44.4 Å². The van der Waals surface area contributed by atoms with Crippen molar-refractivity contribution in [1.29, 1.82) is 0 Å². The Hall–Kier alpha value is -6.67. The SMILES string of the molecule is O=C1c2c(O)c(=O)ccn2N([C@@H]2c3ccccc3SCc3c2ccc(F)c3F)[C@@H]2COCCN12.O=C1c2c(O)c(=O)ccn2N([C@H]2c3ccc(F)cc3CSc3ccccc32)[C@@H]2COCCN12. The fraction of sp³-hybridized carbons (Fsp3) is 0.250. The van der Waals surface area contributed by atoms with Crippen molar-refractivity contribution in [2.24, 2.45) is 0 Å². The average molecular weight is 949 g/mol. The molecule has 6 aliphatic heterocycles. The van der Waals surface area contributed by atoms with Crippen molar-refractivity contribution < 1.29 is 42.4 Å². The van der Waals surface area contributed by atoms with Crippen LogP contribution in [-0.4, -0.2) is 93.0 Å². The second-order valence-corrected chi connectivity index (χ2v) is 18.6. The van der Waals surface area contributed by atoms with Gasteiger partial charge in [-0.05, 0) is 58.1 Å². The van der Waals surface area contributed by atoms with Crippen LogP contribution >= 0.6 is 23.5 Å². The van der Waals surface area contributed by atoms with Gasteiger partial charge in [-0.2, -0.15) is 0 Å². The zero-order chi connectivity index (χ0) is 46.2. The van der Waals surface area contributed by atoms with E-state index in [9.17, 15) is 38.2 Å². The lowest BCUT2D eigenvalue weighted by Crippen LogP contribution is -2.66. The highest BCUT2D eigenvalue weighted by molar-refractivity contribution is 7.98. The number of amides is 2. The van der Waals surface area contributed by atoms with Crippen LogP contribution in [0, 0.1) is 17.5 Å². The Labute approximate surface area is 388 Å². The van der Waals surface area contributed by atoms with Gasteiger partial charge in [0.1, 0.15) is 18.1 Å². The molecule has 0 radical (unpaired) electrons. The van der Waals surface area contributed by atoms with E-state index >= 15 is 4.39 Å². The van der Waals surface area contributed by atoms with Crippen LogP contribution < -0.4 is 20.9 Å².